The highest BCUT2D eigenvalue weighted by Crippen LogP contribution is 2.25. The van der Waals surface area contributed by atoms with Crippen molar-refractivity contribution in [3.63, 3.8) is 0 Å². The maximum Gasteiger partial charge on any atom is 0.258 e. The number of pyridine rings is 1. The quantitative estimate of drug-likeness (QED) is 0.737. The minimum atomic E-state index is -0.480. The number of amides is 1. The number of para-hydroxylation sites is 1. The maximum absolute atomic E-state index is 13.3. The summed E-state index contributed by atoms with van der Waals surface area (Å²) in [7, 11) is 1.55. The Morgan fingerprint density at radius 2 is 1.82 bits per heavy atom. The highest BCUT2D eigenvalue weighted by molar-refractivity contribution is 5.97. The van der Waals surface area contributed by atoms with Crippen molar-refractivity contribution < 1.29 is 9.53 Å². The molecule has 0 aliphatic heterocycles. The fraction of sp³-hybridized carbons (Fsp3) is 0.304. The molecule has 0 saturated heterocycles. The van der Waals surface area contributed by atoms with Gasteiger partial charge in [-0.05, 0) is 63.4 Å². The number of aromatic nitrogens is 1. The summed E-state index contributed by atoms with van der Waals surface area (Å²) in [6.45, 7) is 8.09. The molecule has 0 spiro atoms. The van der Waals surface area contributed by atoms with Crippen LogP contribution >= 0.6 is 0 Å². The van der Waals surface area contributed by atoms with E-state index < -0.39 is 5.54 Å². The zero-order chi connectivity index (χ0) is 20.5. The predicted molar refractivity (Wildman–Crippen MR) is 112 cm³/mol. The number of fused-ring (bicyclic) bond motifs is 1. The van der Waals surface area contributed by atoms with Crippen LogP contribution in [-0.4, -0.2) is 28.4 Å². The summed E-state index contributed by atoms with van der Waals surface area (Å²) < 4.78 is 5.36. The van der Waals surface area contributed by atoms with Gasteiger partial charge in [-0.2, -0.15) is 0 Å². The van der Waals surface area contributed by atoms with Crippen molar-refractivity contribution in [2.24, 2.45) is 0 Å². The first-order chi connectivity index (χ1) is 13.2. The number of carbonyl (C=O) groups is 1. The van der Waals surface area contributed by atoms with Gasteiger partial charge in [0.05, 0.1) is 19.2 Å². The van der Waals surface area contributed by atoms with Crippen molar-refractivity contribution in [1.29, 1.82) is 0 Å². The van der Waals surface area contributed by atoms with Gasteiger partial charge in [-0.3, -0.25) is 9.59 Å². The molecule has 0 aliphatic rings. The molecule has 0 radical (unpaired) electrons. The minimum Gasteiger partial charge on any atom is -0.496 e. The molecule has 1 aromatic heterocycles. The van der Waals surface area contributed by atoms with Crippen LogP contribution in [0, 0.1) is 6.92 Å². The number of methoxy groups -OCH3 is 1. The Kier molecular flexibility index (Phi) is 5.27. The van der Waals surface area contributed by atoms with Gasteiger partial charge >= 0.3 is 0 Å². The lowest BCUT2D eigenvalue weighted by molar-refractivity contribution is 0.0554. The molecule has 146 valence electrons. The van der Waals surface area contributed by atoms with Crippen LogP contribution < -0.4 is 10.3 Å². The standard InChI is InChI=1S/C23H26N2O3/c1-15-10-11-19-16(12-15)13-17(21(26)24-19)14-25(23(2,3)4)22(27)18-8-6-7-9-20(18)28-5/h6-13H,14H2,1-5H3,(H,24,26). The summed E-state index contributed by atoms with van der Waals surface area (Å²) >= 11 is 0. The SMILES string of the molecule is COc1ccccc1C(=O)N(Cc1cc2cc(C)ccc2[nH]c1=O)C(C)(C)C. The van der Waals surface area contributed by atoms with Gasteiger partial charge in [-0.1, -0.05) is 23.8 Å². The number of H-pyrrole nitrogens is 1. The monoisotopic (exact) mass is 378 g/mol. The molecular weight excluding hydrogens is 352 g/mol. The van der Waals surface area contributed by atoms with Gasteiger partial charge in [0.2, 0.25) is 0 Å². The van der Waals surface area contributed by atoms with E-state index in [0.29, 0.717) is 16.9 Å². The number of hydrogen-bond acceptors (Lipinski definition) is 3. The molecule has 1 heterocycles. The van der Waals surface area contributed by atoms with Crippen LogP contribution in [0.1, 0.15) is 42.3 Å². The van der Waals surface area contributed by atoms with Crippen molar-refractivity contribution in [1.82, 2.24) is 9.88 Å². The van der Waals surface area contributed by atoms with Crippen molar-refractivity contribution >= 4 is 16.8 Å². The summed E-state index contributed by atoms with van der Waals surface area (Å²) in [6, 6.07) is 14.9. The second-order valence-electron chi connectivity index (χ2n) is 7.98. The number of benzene rings is 2. The molecule has 28 heavy (non-hydrogen) atoms. The first-order valence-electron chi connectivity index (χ1n) is 9.28. The normalized spacial score (nSPS) is 11.5. The molecule has 0 unspecified atom stereocenters. The van der Waals surface area contributed by atoms with Gasteiger partial charge in [0, 0.05) is 16.6 Å². The lowest BCUT2D eigenvalue weighted by atomic mass is 10.0. The average molecular weight is 378 g/mol. The van der Waals surface area contributed by atoms with Crippen LogP contribution in [0.15, 0.2) is 53.3 Å². The third-order valence-electron chi connectivity index (χ3n) is 4.80. The predicted octanol–water partition coefficient (Wildman–Crippen LogP) is 4.29. The molecule has 0 aliphatic carbocycles. The first kappa shape index (κ1) is 19.7. The summed E-state index contributed by atoms with van der Waals surface area (Å²) in [6.07, 6.45) is 0. The molecular formula is C23H26N2O3. The Labute approximate surface area is 165 Å². The largest absolute Gasteiger partial charge is 0.496 e. The number of aryl methyl sites for hydroxylation is 1. The van der Waals surface area contributed by atoms with E-state index in [1.165, 1.54) is 0 Å². The van der Waals surface area contributed by atoms with Crippen LogP contribution in [0.3, 0.4) is 0 Å². The molecule has 2 aromatic carbocycles. The molecule has 0 saturated carbocycles. The zero-order valence-electron chi connectivity index (χ0n) is 17.0. The zero-order valence-corrected chi connectivity index (χ0v) is 17.0. The second-order valence-corrected chi connectivity index (χ2v) is 7.98. The summed E-state index contributed by atoms with van der Waals surface area (Å²) in [5.41, 5.74) is 2.27. The summed E-state index contributed by atoms with van der Waals surface area (Å²) in [4.78, 5) is 30.6. The van der Waals surface area contributed by atoms with E-state index in [2.05, 4.69) is 4.98 Å². The number of carbonyl (C=O) groups excluding carboxylic acids is 1. The van der Waals surface area contributed by atoms with E-state index in [4.69, 9.17) is 4.74 Å². The summed E-state index contributed by atoms with van der Waals surface area (Å²) in [5, 5.41) is 0.952. The van der Waals surface area contributed by atoms with E-state index >= 15 is 0 Å². The van der Waals surface area contributed by atoms with Gasteiger partial charge in [0.1, 0.15) is 5.75 Å². The highest BCUT2D eigenvalue weighted by Gasteiger charge is 2.29. The molecule has 0 atom stereocenters. The van der Waals surface area contributed by atoms with Crippen LogP contribution in [0.25, 0.3) is 10.9 Å². The lowest BCUT2D eigenvalue weighted by Gasteiger charge is -2.36. The Balaban J connectivity index is 2.05. The van der Waals surface area contributed by atoms with Crippen molar-refractivity contribution in [3.05, 3.63) is 75.6 Å². The van der Waals surface area contributed by atoms with Gasteiger partial charge in [-0.25, -0.2) is 0 Å². The van der Waals surface area contributed by atoms with E-state index in [-0.39, 0.29) is 18.0 Å². The van der Waals surface area contributed by atoms with E-state index in [1.807, 2.05) is 64.1 Å². The Morgan fingerprint density at radius 3 is 2.50 bits per heavy atom. The number of rotatable bonds is 4. The molecule has 5 heteroatoms. The number of nitrogens with zero attached hydrogens (tertiary/aromatic N) is 1. The fourth-order valence-corrected chi connectivity index (χ4v) is 3.24. The molecule has 0 bridgehead atoms. The van der Waals surface area contributed by atoms with E-state index in [0.717, 1.165) is 16.5 Å². The molecule has 3 rings (SSSR count). The Bertz CT molecular complexity index is 1080. The third kappa shape index (κ3) is 3.93. The second kappa shape index (κ2) is 7.50. The fourth-order valence-electron chi connectivity index (χ4n) is 3.24. The van der Waals surface area contributed by atoms with Gasteiger partial charge < -0.3 is 14.6 Å². The highest BCUT2D eigenvalue weighted by atomic mass is 16.5. The molecule has 0 fully saturated rings. The van der Waals surface area contributed by atoms with E-state index in [1.54, 1.807) is 24.1 Å². The topological polar surface area (TPSA) is 62.4 Å². The molecule has 3 aromatic rings. The van der Waals surface area contributed by atoms with Crippen LogP contribution in [0.5, 0.6) is 5.75 Å². The van der Waals surface area contributed by atoms with E-state index in [9.17, 15) is 9.59 Å². The summed E-state index contributed by atoms with van der Waals surface area (Å²) in [5.74, 6) is 0.346. The minimum absolute atomic E-state index is 0.173. The smallest absolute Gasteiger partial charge is 0.258 e. The maximum atomic E-state index is 13.3. The van der Waals surface area contributed by atoms with Crippen molar-refractivity contribution in [2.45, 2.75) is 39.8 Å². The van der Waals surface area contributed by atoms with Gasteiger partial charge in [0.25, 0.3) is 11.5 Å². The molecule has 1 N–H and O–H groups in total. The third-order valence-corrected chi connectivity index (χ3v) is 4.80. The van der Waals surface area contributed by atoms with Crippen molar-refractivity contribution in [3.8, 4) is 5.75 Å². The van der Waals surface area contributed by atoms with Crippen LogP contribution in [0.2, 0.25) is 0 Å². The number of hydrogen-bond donors (Lipinski definition) is 1. The van der Waals surface area contributed by atoms with Crippen molar-refractivity contribution in [2.75, 3.05) is 7.11 Å². The van der Waals surface area contributed by atoms with Gasteiger partial charge in [-0.15, -0.1) is 0 Å². The lowest BCUT2D eigenvalue weighted by Crippen LogP contribution is -2.46. The van der Waals surface area contributed by atoms with Crippen LogP contribution in [-0.2, 0) is 6.54 Å². The Hall–Kier alpha value is -3.08. The first-order valence-corrected chi connectivity index (χ1v) is 9.28. The van der Waals surface area contributed by atoms with Crippen LogP contribution in [0.4, 0.5) is 0 Å². The number of ether oxygens (including phenoxy) is 1. The molecule has 5 nitrogen and oxygen atoms in total. The number of aromatic amines is 1. The molecule has 1 amide bonds. The number of nitrogens with one attached hydrogen (secondary N) is 1. The Morgan fingerprint density at radius 1 is 1.11 bits per heavy atom. The van der Waals surface area contributed by atoms with Gasteiger partial charge in [0.15, 0.2) is 0 Å². The average Bonchev–Trinajstić information content (AvgIpc) is 2.65.